The van der Waals surface area contributed by atoms with Gasteiger partial charge < -0.3 is 19.9 Å². The molecular formula is C26H26N6Pt. The Kier molecular flexibility index (Phi) is 5.78. The minimum atomic E-state index is 0. The molecule has 8 bridgehead atoms. The summed E-state index contributed by atoms with van der Waals surface area (Å²) in [4.78, 5) is 29.0. The molecule has 0 atom stereocenters. The van der Waals surface area contributed by atoms with E-state index in [2.05, 4.69) is 55.4 Å². The Hall–Kier alpha value is -2.85. The Balaban J connectivity index is 0.00000259. The second-order valence-corrected chi connectivity index (χ2v) is 8.79. The van der Waals surface area contributed by atoms with Crippen LogP contribution < -0.4 is 9.97 Å². The zero-order valence-electron chi connectivity index (χ0n) is 20.2. The van der Waals surface area contributed by atoms with Crippen molar-refractivity contribution in [2.45, 2.75) is 55.4 Å². The monoisotopic (exact) mass is 617 g/mol. The van der Waals surface area contributed by atoms with Crippen LogP contribution in [0.1, 0.15) is 73.0 Å². The van der Waals surface area contributed by atoms with Crippen LogP contribution in [-0.4, -0.2) is 19.9 Å². The molecule has 0 amide bonds. The van der Waals surface area contributed by atoms with E-state index < -0.39 is 0 Å². The molecule has 0 saturated carbocycles. The number of aryl methyl sites for hydroxylation is 4. The summed E-state index contributed by atoms with van der Waals surface area (Å²) in [5.74, 6) is 1.42. The number of hydrogen-bond acceptors (Lipinski definition) is 4. The molecule has 6 nitrogen and oxygen atoms in total. The molecule has 0 unspecified atom stereocenters. The summed E-state index contributed by atoms with van der Waals surface area (Å²) in [6, 6.07) is 4.07. The van der Waals surface area contributed by atoms with Crippen molar-refractivity contribution in [3.8, 4) is 0 Å². The summed E-state index contributed by atoms with van der Waals surface area (Å²) >= 11 is 0. The second kappa shape index (κ2) is 8.18. The molecular weight excluding hydrogens is 591 g/mol. The smallest absolute Gasteiger partial charge is 0.436 e. The van der Waals surface area contributed by atoms with E-state index in [0.717, 1.165) is 67.0 Å². The van der Waals surface area contributed by atoms with E-state index in [1.54, 1.807) is 0 Å². The average Bonchev–Trinajstić information content (AvgIpc) is 3.37. The maximum absolute atomic E-state index is 4.85. The van der Waals surface area contributed by atoms with Gasteiger partial charge in [-0.3, -0.25) is 9.97 Å². The third-order valence-electron chi connectivity index (χ3n) is 7.00. The maximum Gasteiger partial charge on any atom is 2.00 e. The van der Waals surface area contributed by atoms with Crippen LogP contribution >= 0.6 is 0 Å². The molecule has 170 valence electrons. The Morgan fingerprint density at radius 3 is 1.21 bits per heavy atom. The van der Waals surface area contributed by atoms with Gasteiger partial charge in [0.25, 0.3) is 0 Å². The SMILES string of the molecule is CC1=C(C)c2nc1cc1[n-]c(nc3nc(cc4[n-]c(n2)c(C)c4C)C(C)=C3C)c(C)c1C.[Pt+2]. The van der Waals surface area contributed by atoms with Gasteiger partial charge >= 0.3 is 21.1 Å². The number of fused-ring (bicyclic) bond motifs is 8. The molecule has 3 aromatic rings. The molecule has 0 aromatic carbocycles. The molecule has 0 fully saturated rings. The van der Waals surface area contributed by atoms with Crippen molar-refractivity contribution >= 4 is 44.6 Å². The molecule has 33 heavy (non-hydrogen) atoms. The summed E-state index contributed by atoms with van der Waals surface area (Å²) < 4.78 is 0. The Morgan fingerprint density at radius 1 is 0.485 bits per heavy atom. The molecule has 2 aliphatic rings. The molecule has 3 aromatic heterocycles. The van der Waals surface area contributed by atoms with E-state index in [9.17, 15) is 0 Å². The minimum Gasteiger partial charge on any atom is -0.436 e. The van der Waals surface area contributed by atoms with Gasteiger partial charge in [0.1, 0.15) is 0 Å². The van der Waals surface area contributed by atoms with Crippen molar-refractivity contribution in [2.75, 3.05) is 0 Å². The Bertz CT molecular complexity index is 1330. The fourth-order valence-corrected chi connectivity index (χ4v) is 4.02. The normalized spacial score (nSPS) is 13.6. The largest absolute Gasteiger partial charge is 2.00 e. The summed E-state index contributed by atoms with van der Waals surface area (Å²) in [6.07, 6.45) is 0. The second-order valence-electron chi connectivity index (χ2n) is 8.79. The van der Waals surface area contributed by atoms with Crippen LogP contribution in [0.5, 0.6) is 0 Å². The Morgan fingerprint density at radius 2 is 0.848 bits per heavy atom. The van der Waals surface area contributed by atoms with Crippen molar-refractivity contribution in [2.24, 2.45) is 0 Å². The van der Waals surface area contributed by atoms with Crippen LogP contribution in [-0.2, 0) is 21.1 Å². The van der Waals surface area contributed by atoms with Gasteiger partial charge in [-0.15, -0.1) is 0 Å². The van der Waals surface area contributed by atoms with E-state index in [1.165, 1.54) is 0 Å². The van der Waals surface area contributed by atoms with Gasteiger partial charge in [-0.25, -0.2) is 0 Å². The van der Waals surface area contributed by atoms with Crippen molar-refractivity contribution < 1.29 is 21.1 Å². The molecule has 5 heterocycles. The summed E-state index contributed by atoms with van der Waals surface area (Å²) in [5.41, 5.74) is 13.6. The topological polar surface area (TPSA) is 79.8 Å². The van der Waals surface area contributed by atoms with Gasteiger partial charge in [-0.05, 0) is 123 Å². The molecule has 2 aliphatic heterocycles. The molecule has 0 spiro atoms. The maximum atomic E-state index is 4.85. The molecule has 5 rings (SSSR count). The standard InChI is InChI=1S/C26H26N6.Pt/c1-11-15(5)23-27-19(11)9-20-12(2)16(6)25(28-20)32-26-18(8)14(4)22(30-26)10-21-13(3)17(7)24(29-21)31-23;/h9-10H,1-8H3;/q-2;+2. The van der Waals surface area contributed by atoms with Crippen LogP contribution in [0.15, 0.2) is 12.1 Å². The number of allylic oxidation sites excluding steroid dienone is 4. The van der Waals surface area contributed by atoms with Gasteiger partial charge in [-0.1, -0.05) is 11.3 Å². The first-order valence-corrected chi connectivity index (χ1v) is 10.8. The third kappa shape index (κ3) is 3.61. The first kappa shape index (κ1) is 23.3. The summed E-state index contributed by atoms with van der Waals surface area (Å²) in [7, 11) is 0. The number of rotatable bonds is 0. The quantitative estimate of drug-likeness (QED) is 0.332. The van der Waals surface area contributed by atoms with Gasteiger partial charge in [-0.2, -0.15) is 0 Å². The number of hydrogen-bond donors (Lipinski definition) is 0. The van der Waals surface area contributed by atoms with Crippen molar-refractivity contribution in [3.63, 3.8) is 0 Å². The van der Waals surface area contributed by atoms with E-state index in [-0.39, 0.29) is 21.1 Å². The summed E-state index contributed by atoms with van der Waals surface area (Å²) in [6.45, 7) is 16.5. The minimum absolute atomic E-state index is 0. The van der Waals surface area contributed by atoms with Crippen LogP contribution in [0.4, 0.5) is 0 Å². The van der Waals surface area contributed by atoms with E-state index in [0.29, 0.717) is 22.9 Å². The van der Waals surface area contributed by atoms with Crippen LogP contribution in [0, 0.1) is 27.7 Å². The molecule has 0 aliphatic carbocycles. The van der Waals surface area contributed by atoms with Crippen molar-refractivity contribution in [1.29, 1.82) is 0 Å². The first-order chi connectivity index (χ1) is 15.2. The van der Waals surface area contributed by atoms with Crippen LogP contribution in [0.25, 0.3) is 44.6 Å². The third-order valence-corrected chi connectivity index (χ3v) is 7.00. The van der Waals surface area contributed by atoms with Crippen molar-refractivity contribution in [3.05, 3.63) is 57.4 Å². The predicted molar refractivity (Wildman–Crippen MR) is 130 cm³/mol. The first-order valence-electron chi connectivity index (χ1n) is 10.8. The van der Waals surface area contributed by atoms with Gasteiger partial charge in [0.2, 0.25) is 0 Å². The van der Waals surface area contributed by atoms with E-state index in [1.807, 2.05) is 12.1 Å². The van der Waals surface area contributed by atoms with Crippen LogP contribution in [0.2, 0.25) is 0 Å². The van der Waals surface area contributed by atoms with Gasteiger partial charge in [0.05, 0.1) is 23.0 Å². The number of nitrogens with zero attached hydrogens (tertiary/aromatic N) is 6. The zero-order valence-corrected chi connectivity index (χ0v) is 22.4. The molecule has 0 N–H and O–H groups in total. The molecule has 0 radical (unpaired) electrons. The average molecular weight is 618 g/mol. The van der Waals surface area contributed by atoms with Crippen LogP contribution in [0.3, 0.4) is 0 Å². The molecule has 7 heteroatoms. The number of aromatic nitrogens is 6. The fourth-order valence-electron chi connectivity index (χ4n) is 4.02. The van der Waals surface area contributed by atoms with Crippen molar-refractivity contribution in [1.82, 2.24) is 29.9 Å². The predicted octanol–water partition coefficient (Wildman–Crippen LogP) is 5.50. The molecule has 0 saturated heterocycles. The van der Waals surface area contributed by atoms with E-state index >= 15 is 0 Å². The summed E-state index contributed by atoms with van der Waals surface area (Å²) in [5, 5.41) is 0. The zero-order chi connectivity index (χ0) is 22.9. The Labute approximate surface area is 208 Å². The van der Waals surface area contributed by atoms with E-state index in [4.69, 9.17) is 29.9 Å². The van der Waals surface area contributed by atoms with Gasteiger partial charge in [0.15, 0.2) is 0 Å². The fraction of sp³-hybridized carbons (Fsp3) is 0.308. The van der Waals surface area contributed by atoms with Gasteiger partial charge in [0, 0.05) is 0 Å².